The Bertz CT molecular complexity index is 951. The van der Waals surface area contributed by atoms with Gasteiger partial charge in [-0.05, 0) is 54.4 Å². The lowest BCUT2D eigenvalue weighted by molar-refractivity contribution is -0.130. The van der Waals surface area contributed by atoms with Gasteiger partial charge in [0, 0.05) is 26.6 Å². The number of carbonyl (C=O) groups excluding carboxylic acids is 1. The van der Waals surface area contributed by atoms with Crippen LogP contribution in [0.3, 0.4) is 0 Å². The summed E-state index contributed by atoms with van der Waals surface area (Å²) in [5.74, 6) is 1.11. The Morgan fingerprint density at radius 2 is 2.14 bits per heavy atom. The fourth-order valence-electron chi connectivity index (χ4n) is 2.66. The van der Waals surface area contributed by atoms with Crippen LogP contribution in [0, 0.1) is 10.6 Å². The first kappa shape index (κ1) is 20.2. The number of ether oxygens (including phenoxy) is 1. The van der Waals surface area contributed by atoms with Crippen molar-refractivity contribution in [2.24, 2.45) is 0 Å². The molecule has 6 nitrogen and oxygen atoms in total. The van der Waals surface area contributed by atoms with Gasteiger partial charge in [0.1, 0.15) is 11.6 Å². The minimum Gasteiger partial charge on any atom is -0.494 e. The number of rotatable bonds is 9. The lowest BCUT2D eigenvalue weighted by atomic mass is 10.3. The molecule has 3 rings (SSSR count). The number of benzene rings is 1. The summed E-state index contributed by atoms with van der Waals surface area (Å²) in [6, 6.07) is 9.82. The van der Waals surface area contributed by atoms with Crippen LogP contribution in [0.25, 0.3) is 10.7 Å². The summed E-state index contributed by atoms with van der Waals surface area (Å²) < 4.78 is 20.8. The van der Waals surface area contributed by atoms with Crippen molar-refractivity contribution in [2.75, 3.05) is 20.2 Å². The fourth-order valence-corrected chi connectivity index (χ4v) is 3.61. The molecule has 1 amide bonds. The minimum atomic E-state index is -0.294. The van der Waals surface area contributed by atoms with Gasteiger partial charge < -0.3 is 9.64 Å². The highest BCUT2D eigenvalue weighted by Crippen LogP contribution is 2.23. The first-order valence-electron chi connectivity index (χ1n) is 8.86. The zero-order valence-corrected chi connectivity index (χ0v) is 17.1. The van der Waals surface area contributed by atoms with Crippen molar-refractivity contribution in [1.82, 2.24) is 19.7 Å². The van der Waals surface area contributed by atoms with E-state index in [1.165, 1.54) is 12.1 Å². The second-order valence-corrected chi connectivity index (χ2v) is 7.54. The molecule has 9 heteroatoms. The third-order valence-electron chi connectivity index (χ3n) is 4.20. The molecule has 0 unspecified atom stereocenters. The molecular formula is C19H21FN4O2S2. The van der Waals surface area contributed by atoms with Crippen molar-refractivity contribution in [3.63, 3.8) is 0 Å². The van der Waals surface area contributed by atoms with E-state index in [1.54, 1.807) is 35.4 Å². The maximum absolute atomic E-state index is 12.9. The maximum Gasteiger partial charge on any atom is 0.224 e. The minimum absolute atomic E-state index is 0.0296. The third-order valence-corrected chi connectivity index (χ3v) is 5.37. The van der Waals surface area contributed by atoms with Crippen molar-refractivity contribution in [2.45, 2.75) is 19.4 Å². The highest BCUT2D eigenvalue weighted by atomic mass is 32.1. The number of amides is 1. The Hall–Kier alpha value is -2.52. The third kappa shape index (κ3) is 5.26. The number of nitrogens with zero attached hydrogens (tertiary/aromatic N) is 3. The van der Waals surface area contributed by atoms with Crippen LogP contribution in [0.1, 0.15) is 12.8 Å². The molecule has 0 radical (unpaired) electrons. The summed E-state index contributed by atoms with van der Waals surface area (Å²) in [7, 11) is 1.77. The van der Waals surface area contributed by atoms with E-state index in [-0.39, 0.29) is 11.7 Å². The number of hydrogen-bond acceptors (Lipinski definition) is 5. The molecule has 3 aromatic rings. The highest BCUT2D eigenvalue weighted by Gasteiger charge is 2.13. The number of aromatic amines is 1. The van der Waals surface area contributed by atoms with Crippen LogP contribution < -0.4 is 4.74 Å². The first-order chi connectivity index (χ1) is 13.5. The molecule has 0 aliphatic heterocycles. The van der Waals surface area contributed by atoms with Crippen LogP contribution in [-0.2, 0) is 11.3 Å². The molecule has 1 N–H and O–H groups in total. The van der Waals surface area contributed by atoms with Gasteiger partial charge in [-0.3, -0.25) is 14.5 Å². The van der Waals surface area contributed by atoms with Crippen molar-refractivity contribution in [1.29, 1.82) is 0 Å². The number of carbonyl (C=O) groups is 1. The Morgan fingerprint density at radius 1 is 1.36 bits per heavy atom. The number of aromatic nitrogens is 3. The monoisotopic (exact) mass is 420 g/mol. The average Bonchev–Trinajstić information content (AvgIpc) is 3.34. The Morgan fingerprint density at radius 3 is 2.86 bits per heavy atom. The molecule has 0 bridgehead atoms. The number of H-pyrrole nitrogens is 1. The molecule has 0 fully saturated rings. The van der Waals surface area contributed by atoms with Gasteiger partial charge in [-0.2, -0.15) is 5.10 Å². The van der Waals surface area contributed by atoms with E-state index in [2.05, 4.69) is 10.2 Å². The van der Waals surface area contributed by atoms with Gasteiger partial charge >= 0.3 is 0 Å². The first-order valence-corrected chi connectivity index (χ1v) is 10.1. The maximum atomic E-state index is 12.9. The van der Waals surface area contributed by atoms with E-state index in [0.29, 0.717) is 43.1 Å². The molecule has 0 aliphatic rings. The van der Waals surface area contributed by atoms with Crippen LogP contribution in [0.5, 0.6) is 5.75 Å². The molecule has 2 heterocycles. The van der Waals surface area contributed by atoms with Crippen LogP contribution >= 0.6 is 23.6 Å². The predicted molar refractivity (Wildman–Crippen MR) is 109 cm³/mol. The molecule has 1 aromatic carbocycles. The SMILES string of the molecule is CN(CCCOc1ccc(F)cc1)C(=O)CCn1c(-c2cccs2)n[nH]c1=S. The number of thiophene rings is 1. The van der Waals surface area contributed by atoms with E-state index in [1.807, 2.05) is 22.1 Å². The molecule has 0 saturated heterocycles. The summed E-state index contributed by atoms with van der Waals surface area (Å²) in [6.07, 6.45) is 1.02. The second-order valence-electron chi connectivity index (χ2n) is 6.20. The number of halogens is 1. The standard InChI is InChI=1S/C19H21FN4O2S2/c1-23(10-3-12-26-15-7-5-14(20)6-8-15)17(25)9-11-24-18(21-22-19(24)27)16-4-2-13-28-16/h2,4-8,13H,3,9-12H2,1H3,(H,22,27). The zero-order chi connectivity index (χ0) is 19.9. The van der Waals surface area contributed by atoms with Gasteiger partial charge in [-0.25, -0.2) is 4.39 Å². The lowest BCUT2D eigenvalue weighted by Crippen LogP contribution is -2.29. The molecule has 0 spiro atoms. The fraction of sp³-hybridized carbons (Fsp3) is 0.316. The van der Waals surface area contributed by atoms with E-state index in [9.17, 15) is 9.18 Å². The topological polar surface area (TPSA) is 63.1 Å². The van der Waals surface area contributed by atoms with E-state index < -0.39 is 0 Å². The summed E-state index contributed by atoms with van der Waals surface area (Å²) in [5, 5.41) is 9.04. The molecule has 0 atom stereocenters. The number of nitrogens with one attached hydrogen (secondary N) is 1. The van der Waals surface area contributed by atoms with Crippen molar-refractivity contribution in [3.8, 4) is 16.5 Å². The molecule has 2 aromatic heterocycles. The summed E-state index contributed by atoms with van der Waals surface area (Å²) >= 11 is 6.87. The van der Waals surface area contributed by atoms with Gasteiger partial charge in [-0.1, -0.05) is 6.07 Å². The van der Waals surface area contributed by atoms with Gasteiger partial charge in [-0.15, -0.1) is 11.3 Å². The van der Waals surface area contributed by atoms with Crippen LogP contribution in [0.4, 0.5) is 4.39 Å². The smallest absolute Gasteiger partial charge is 0.224 e. The van der Waals surface area contributed by atoms with Gasteiger partial charge in [0.15, 0.2) is 10.6 Å². The second kappa shape index (κ2) is 9.61. The Kier molecular flexibility index (Phi) is 6.94. The molecular weight excluding hydrogens is 399 g/mol. The van der Waals surface area contributed by atoms with Gasteiger partial charge in [0.2, 0.25) is 5.91 Å². The van der Waals surface area contributed by atoms with E-state index >= 15 is 0 Å². The lowest BCUT2D eigenvalue weighted by Gasteiger charge is -2.17. The average molecular weight is 421 g/mol. The van der Waals surface area contributed by atoms with Crippen molar-refractivity contribution >= 4 is 29.5 Å². The Balaban J connectivity index is 1.44. The molecule has 0 saturated carbocycles. The normalized spacial score (nSPS) is 10.8. The van der Waals surface area contributed by atoms with Crippen molar-refractivity contribution in [3.05, 3.63) is 52.4 Å². The van der Waals surface area contributed by atoms with Crippen LogP contribution in [-0.4, -0.2) is 45.8 Å². The van der Waals surface area contributed by atoms with Gasteiger partial charge in [0.05, 0.1) is 11.5 Å². The molecule has 0 aliphatic carbocycles. The summed E-state index contributed by atoms with van der Waals surface area (Å²) in [5.41, 5.74) is 0. The van der Waals surface area contributed by atoms with Crippen LogP contribution in [0.2, 0.25) is 0 Å². The predicted octanol–water partition coefficient (Wildman–Crippen LogP) is 4.13. The zero-order valence-electron chi connectivity index (χ0n) is 15.4. The quantitative estimate of drug-likeness (QED) is 0.418. The van der Waals surface area contributed by atoms with Crippen molar-refractivity contribution < 1.29 is 13.9 Å². The Labute approximate surface area is 171 Å². The van der Waals surface area contributed by atoms with E-state index in [0.717, 1.165) is 10.7 Å². The largest absolute Gasteiger partial charge is 0.494 e. The number of hydrogen-bond donors (Lipinski definition) is 1. The summed E-state index contributed by atoms with van der Waals surface area (Å²) in [4.78, 5) is 15.1. The molecule has 28 heavy (non-hydrogen) atoms. The molecule has 148 valence electrons. The van der Waals surface area contributed by atoms with Crippen LogP contribution in [0.15, 0.2) is 41.8 Å². The summed E-state index contributed by atoms with van der Waals surface area (Å²) in [6.45, 7) is 1.50. The van der Waals surface area contributed by atoms with Gasteiger partial charge in [0.25, 0.3) is 0 Å². The highest BCUT2D eigenvalue weighted by molar-refractivity contribution is 7.71. The van der Waals surface area contributed by atoms with E-state index in [4.69, 9.17) is 17.0 Å².